The van der Waals surface area contributed by atoms with Gasteiger partial charge in [-0.3, -0.25) is 0 Å². The molecule has 0 saturated carbocycles. The Balaban J connectivity index is 2.81. The average Bonchev–Trinajstić information content (AvgIpc) is 2.03. The second-order valence-electron chi connectivity index (χ2n) is 3.13. The third-order valence-corrected chi connectivity index (χ3v) is 1.62. The Morgan fingerprint density at radius 3 is 2.77 bits per heavy atom. The molecule has 4 nitrogen and oxygen atoms in total. The van der Waals surface area contributed by atoms with Gasteiger partial charge in [0, 0.05) is 11.8 Å². The SMILES string of the molecule is CC(C)OC1C=C(N)C=CC1=[N+]=[N-]. The zero-order valence-corrected chi connectivity index (χ0v) is 7.77. The highest BCUT2D eigenvalue weighted by Gasteiger charge is 2.23. The minimum Gasteiger partial charge on any atom is -0.399 e. The van der Waals surface area contributed by atoms with Crippen molar-refractivity contribution in [1.29, 1.82) is 0 Å². The lowest BCUT2D eigenvalue weighted by Gasteiger charge is -2.14. The fraction of sp³-hybridized carbons (Fsp3) is 0.444. The summed E-state index contributed by atoms with van der Waals surface area (Å²) in [7, 11) is 0. The molecule has 0 aliphatic heterocycles. The molecule has 1 aliphatic rings. The van der Waals surface area contributed by atoms with Crippen molar-refractivity contribution in [2.45, 2.75) is 26.1 Å². The molecule has 0 aromatic rings. The maximum Gasteiger partial charge on any atom is 0.324 e. The fourth-order valence-corrected chi connectivity index (χ4v) is 1.08. The number of hydrogen-bond acceptors (Lipinski definition) is 2. The summed E-state index contributed by atoms with van der Waals surface area (Å²) in [6, 6.07) is 0. The molecule has 0 amide bonds. The van der Waals surface area contributed by atoms with Crippen molar-refractivity contribution >= 4 is 5.71 Å². The summed E-state index contributed by atoms with van der Waals surface area (Å²) in [4.78, 5) is 3.12. The summed E-state index contributed by atoms with van der Waals surface area (Å²) in [5, 5.41) is 0. The Bertz CT molecular complexity index is 298. The fourth-order valence-electron chi connectivity index (χ4n) is 1.08. The third kappa shape index (κ3) is 2.54. The standard InChI is InChI=1S/C9H13N3O/c1-6(2)13-9-5-7(10)3-4-8(9)12-11/h3-6,9H,10H2,1-2H3. The number of allylic oxidation sites excluding steroid dienone is 1. The van der Waals surface area contributed by atoms with Crippen molar-refractivity contribution < 1.29 is 9.53 Å². The summed E-state index contributed by atoms with van der Waals surface area (Å²) in [5.41, 5.74) is 15.3. The van der Waals surface area contributed by atoms with Gasteiger partial charge < -0.3 is 16.0 Å². The van der Waals surface area contributed by atoms with Crippen molar-refractivity contribution in [3.05, 3.63) is 29.5 Å². The molecule has 70 valence electrons. The molecule has 1 aliphatic carbocycles. The summed E-state index contributed by atoms with van der Waals surface area (Å²) >= 11 is 0. The molecule has 0 spiro atoms. The lowest BCUT2D eigenvalue weighted by atomic mass is 10.1. The van der Waals surface area contributed by atoms with Gasteiger partial charge in [-0.05, 0) is 26.0 Å². The van der Waals surface area contributed by atoms with Gasteiger partial charge in [0.1, 0.15) is 0 Å². The molecule has 4 heteroatoms. The van der Waals surface area contributed by atoms with Gasteiger partial charge in [0.2, 0.25) is 0 Å². The van der Waals surface area contributed by atoms with Gasteiger partial charge in [-0.15, -0.1) is 0 Å². The van der Waals surface area contributed by atoms with Crippen molar-refractivity contribution in [2.75, 3.05) is 0 Å². The van der Waals surface area contributed by atoms with Crippen LogP contribution < -0.4 is 5.73 Å². The number of nitrogens with two attached hydrogens (primary N) is 1. The lowest BCUT2D eigenvalue weighted by Crippen LogP contribution is -2.28. The van der Waals surface area contributed by atoms with Gasteiger partial charge in [-0.1, -0.05) is 0 Å². The van der Waals surface area contributed by atoms with E-state index in [1.807, 2.05) is 13.8 Å². The topological polar surface area (TPSA) is 71.7 Å². The second kappa shape index (κ2) is 4.03. The van der Waals surface area contributed by atoms with Gasteiger partial charge in [0.15, 0.2) is 6.10 Å². The van der Waals surface area contributed by atoms with Gasteiger partial charge in [-0.25, -0.2) is 0 Å². The van der Waals surface area contributed by atoms with E-state index in [1.165, 1.54) is 0 Å². The van der Waals surface area contributed by atoms with Crippen LogP contribution in [-0.4, -0.2) is 22.7 Å². The van der Waals surface area contributed by atoms with Crippen LogP contribution in [0.5, 0.6) is 0 Å². The molecule has 0 aromatic heterocycles. The van der Waals surface area contributed by atoms with Crippen LogP contribution in [0.3, 0.4) is 0 Å². The first-order valence-corrected chi connectivity index (χ1v) is 4.16. The highest BCUT2D eigenvalue weighted by atomic mass is 16.5. The molecule has 1 atom stereocenters. The summed E-state index contributed by atoms with van der Waals surface area (Å²) < 4.78 is 5.47. The maximum atomic E-state index is 8.65. The minimum absolute atomic E-state index is 0.0669. The van der Waals surface area contributed by atoms with E-state index in [9.17, 15) is 0 Å². The lowest BCUT2D eigenvalue weighted by molar-refractivity contribution is -0.0295. The zero-order chi connectivity index (χ0) is 9.84. The molecule has 0 heterocycles. The Kier molecular flexibility index (Phi) is 3.01. The van der Waals surface area contributed by atoms with Gasteiger partial charge >= 0.3 is 5.71 Å². The van der Waals surface area contributed by atoms with E-state index in [2.05, 4.69) is 4.79 Å². The summed E-state index contributed by atoms with van der Waals surface area (Å²) in [5.74, 6) is 0. The highest BCUT2D eigenvalue weighted by molar-refractivity contribution is 5.97. The van der Waals surface area contributed by atoms with Crippen molar-refractivity contribution in [3.8, 4) is 0 Å². The van der Waals surface area contributed by atoms with E-state index < -0.39 is 0 Å². The smallest absolute Gasteiger partial charge is 0.324 e. The molecule has 1 rings (SSSR count). The monoisotopic (exact) mass is 179 g/mol. The summed E-state index contributed by atoms with van der Waals surface area (Å²) in [6.07, 6.45) is 4.76. The van der Waals surface area contributed by atoms with Gasteiger partial charge in [-0.2, -0.15) is 4.79 Å². The first-order chi connectivity index (χ1) is 6.13. The third-order valence-electron chi connectivity index (χ3n) is 1.62. The van der Waals surface area contributed by atoms with E-state index in [-0.39, 0.29) is 12.2 Å². The van der Waals surface area contributed by atoms with E-state index in [4.69, 9.17) is 16.0 Å². The number of nitrogens with zero attached hydrogens (tertiary/aromatic N) is 2. The predicted molar refractivity (Wildman–Crippen MR) is 50.0 cm³/mol. The van der Waals surface area contributed by atoms with E-state index in [0.29, 0.717) is 11.4 Å². The van der Waals surface area contributed by atoms with Gasteiger partial charge in [0.05, 0.1) is 6.10 Å². The van der Waals surface area contributed by atoms with Crippen molar-refractivity contribution in [1.82, 2.24) is 0 Å². The number of hydrogen-bond donors (Lipinski definition) is 1. The van der Waals surface area contributed by atoms with Crippen LogP contribution in [-0.2, 0) is 4.74 Å². The first-order valence-electron chi connectivity index (χ1n) is 4.16. The molecule has 0 aromatic carbocycles. The van der Waals surface area contributed by atoms with Crippen LogP contribution in [0.25, 0.3) is 5.53 Å². The van der Waals surface area contributed by atoms with E-state index >= 15 is 0 Å². The van der Waals surface area contributed by atoms with Gasteiger partial charge in [0.25, 0.3) is 0 Å². The molecule has 1 unspecified atom stereocenters. The minimum atomic E-state index is -0.338. The normalized spacial score (nSPS) is 21.6. The van der Waals surface area contributed by atoms with Crippen molar-refractivity contribution in [3.63, 3.8) is 0 Å². The zero-order valence-electron chi connectivity index (χ0n) is 7.77. The Labute approximate surface area is 77.3 Å². The van der Waals surface area contributed by atoms with E-state index in [1.54, 1.807) is 18.2 Å². The van der Waals surface area contributed by atoms with Crippen LogP contribution in [0, 0.1) is 0 Å². The molecule has 0 radical (unpaired) electrons. The van der Waals surface area contributed by atoms with E-state index in [0.717, 1.165) is 0 Å². The van der Waals surface area contributed by atoms with Crippen LogP contribution in [0.15, 0.2) is 23.9 Å². The maximum absolute atomic E-state index is 8.65. The quantitative estimate of drug-likeness (QED) is 0.504. The number of rotatable bonds is 2. The van der Waals surface area contributed by atoms with Crippen LogP contribution in [0.1, 0.15) is 13.8 Å². The highest BCUT2D eigenvalue weighted by Crippen LogP contribution is 2.09. The molecule has 2 N–H and O–H groups in total. The molecule has 0 fully saturated rings. The largest absolute Gasteiger partial charge is 0.399 e. The predicted octanol–water partition coefficient (Wildman–Crippen LogP) is 0.863. The van der Waals surface area contributed by atoms with Crippen LogP contribution >= 0.6 is 0 Å². The molecule has 13 heavy (non-hydrogen) atoms. The van der Waals surface area contributed by atoms with Crippen LogP contribution in [0.2, 0.25) is 0 Å². The first kappa shape index (κ1) is 9.71. The second-order valence-corrected chi connectivity index (χ2v) is 3.13. The Morgan fingerprint density at radius 2 is 2.23 bits per heavy atom. The molecule has 0 bridgehead atoms. The summed E-state index contributed by atoms with van der Waals surface area (Å²) in [6.45, 7) is 3.83. The molecular formula is C9H13N3O. The van der Waals surface area contributed by atoms with Crippen LogP contribution in [0.4, 0.5) is 0 Å². The Hall–Kier alpha value is -1.38. The molecular weight excluding hydrogens is 166 g/mol. The number of ether oxygens (including phenoxy) is 1. The molecule has 0 saturated heterocycles. The average molecular weight is 179 g/mol. The van der Waals surface area contributed by atoms with Crippen molar-refractivity contribution in [2.24, 2.45) is 5.73 Å². The Morgan fingerprint density at radius 1 is 1.54 bits per heavy atom.